The maximum absolute atomic E-state index is 5.54. The third-order valence-electron chi connectivity index (χ3n) is 2.96. The van der Waals surface area contributed by atoms with Crippen LogP contribution in [0.3, 0.4) is 0 Å². The summed E-state index contributed by atoms with van der Waals surface area (Å²) in [5.41, 5.74) is 0.512. The molecule has 1 saturated heterocycles. The molecule has 8 heavy (non-hydrogen) atoms. The zero-order valence-corrected chi connectivity index (χ0v) is 4.89. The quantitative estimate of drug-likeness (QED) is 0.428. The number of hydrogen-bond donors (Lipinski definition) is 0. The summed E-state index contributed by atoms with van der Waals surface area (Å²) < 4.78 is 5.54. The molecule has 3 aliphatic rings. The average Bonchev–Trinajstić information content (AvgIpc) is 2.45. The molecule has 1 heteroatoms. The monoisotopic (exact) mass is 110 g/mol. The van der Waals surface area contributed by atoms with Crippen molar-refractivity contribution in [2.75, 3.05) is 0 Å². The van der Waals surface area contributed by atoms with Crippen molar-refractivity contribution in [3.63, 3.8) is 0 Å². The first-order valence-electron chi connectivity index (χ1n) is 3.60. The second-order valence-electron chi connectivity index (χ2n) is 3.39. The van der Waals surface area contributed by atoms with Crippen molar-refractivity contribution in [1.82, 2.24) is 0 Å². The molecule has 1 spiro atoms. The minimum atomic E-state index is 0.512. The summed E-state index contributed by atoms with van der Waals surface area (Å²) in [4.78, 5) is 0. The molecule has 0 bridgehead atoms. The van der Waals surface area contributed by atoms with Crippen molar-refractivity contribution in [2.24, 2.45) is 5.92 Å². The Kier molecular flexibility index (Phi) is 0.418. The van der Waals surface area contributed by atoms with E-state index >= 15 is 0 Å². The molecular formula is C7H10O. The highest BCUT2D eigenvalue weighted by Crippen LogP contribution is 2.67. The fourth-order valence-electron chi connectivity index (χ4n) is 2.29. The Balaban J connectivity index is 1.95. The molecule has 2 aliphatic carbocycles. The van der Waals surface area contributed by atoms with Gasteiger partial charge in [0.15, 0.2) is 0 Å². The van der Waals surface area contributed by atoms with E-state index in [0.717, 1.165) is 12.0 Å². The lowest BCUT2D eigenvalue weighted by Crippen LogP contribution is -2.02. The first-order chi connectivity index (χ1) is 3.92. The molecule has 0 amide bonds. The second kappa shape index (κ2) is 0.860. The Hall–Kier alpha value is -0.0400. The predicted octanol–water partition coefficient (Wildman–Crippen LogP) is 1.33. The number of epoxide rings is 1. The van der Waals surface area contributed by atoms with Gasteiger partial charge < -0.3 is 4.74 Å². The van der Waals surface area contributed by atoms with E-state index in [9.17, 15) is 0 Å². The van der Waals surface area contributed by atoms with E-state index in [-0.39, 0.29) is 0 Å². The number of hydrogen-bond acceptors (Lipinski definition) is 1. The molecule has 1 heterocycles. The number of ether oxygens (including phenoxy) is 1. The van der Waals surface area contributed by atoms with Crippen LogP contribution in [0.1, 0.15) is 25.7 Å². The zero-order chi connectivity index (χ0) is 5.19. The van der Waals surface area contributed by atoms with E-state index in [1.807, 2.05) is 0 Å². The molecule has 1 nitrogen and oxygen atoms in total. The summed E-state index contributed by atoms with van der Waals surface area (Å²) in [5, 5.41) is 0. The van der Waals surface area contributed by atoms with Gasteiger partial charge in [0.25, 0.3) is 0 Å². The van der Waals surface area contributed by atoms with Crippen molar-refractivity contribution in [1.29, 1.82) is 0 Å². The smallest absolute Gasteiger partial charge is 0.0981 e. The van der Waals surface area contributed by atoms with Crippen LogP contribution in [0.4, 0.5) is 0 Å². The molecule has 3 unspecified atom stereocenters. The maximum atomic E-state index is 5.54. The van der Waals surface area contributed by atoms with Gasteiger partial charge in [0.1, 0.15) is 0 Å². The van der Waals surface area contributed by atoms with Crippen molar-refractivity contribution in [3.05, 3.63) is 0 Å². The van der Waals surface area contributed by atoms with Crippen LogP contribution in [-0.2, 0) is 4.74 Å². The van der Waals surface area contributed by atoms with E-state index < -0.39 is 0 Å². The van der Waals surface area contributed by atoms with Crippen molar-refractivity contribution < 1.29 is 4.74 Å². The molecule has 2 saturated carbocycles. The molecular weight excluding hydrogens is 100 g/mol. The minimum absolute atomic E-state index is 0.512. The first kappa shape index (κ1) is 3.89. The average molecular weight is 110 g/mol. The Labute approximate surface area is 49.0 Å². The fourth-order valence-corrected chi connectivity index (χ4v) is 2.29. The van der Waals surface area contributed by atoms with Crippen LogP contribution in [0.25, 0.3) is 0 Å². The van der Waals surface area contributed by atoms with Gasteiger partial charge in [0.2, 0.25) is 0 Å². The normalized spacial score (nSPS) is 66.0. The van der Waals surface area contributed by atoms with Crippen molar-refractivity contribution in [2.45, 2.75) is 37.4 Å². The standard InChI is InChI=1S/C7H10O/c1-2-5-4-7(5)6(3-1)8-7/h5-6H,1-4H2. The summed E-state index contributed by atoms with van der Waals surface area (Å²) in [6.45, 7) is 0. The van der Waals surface area contributed by atoms with Gasteiger partial charge in [-0.1, -0.05) is 6.42 Å². The summed E-state index contributed by atoms with van der Waals surface area (Å²) in [6, 6.07) is 0. The van der Waals surface area contributed by atoms with Gasteiger partial charge in [-0.15, -0.1) is 0 Å². The van der Waals surface area contributed by atoms with Crippen LogP contribution in [0, 0.1) is 5.92 Å². The van der Waals surface area contributed by atoms with Crippen LogP contribution in [0.2, 0.25) is 0 Å². The Morgan fingerprint density at radius 1 is 1.38 bits per heavy atom. The van der Waals surface area contributed by atoms with E-state index in [1.54, 1.807) is 0 Å². The van der Waals surface area contributed by atoms with Gasteiger partial charge in [-0.3, -0.25) is 0 Å². The van der Waals surface area contributed by atoms with Gasteiger partial charge in [-0.2, -0.15) is 0 Å². The van der Waals surface area contributed by atoms with Gasteiger partial charge in [0.05, 0.1) is 11.7 Å². The lowest BCUT2D eigenvalue weighted by Gasteiger charge is -1.99. The van der Waals surface area contributed by atoms with Crippen LogP contribution < -0.4 is 0 Å². The minimum Gasteiger partial charge on any atom is -0.366 e. The summed E-state index contributed by atoms with van der Waals surface area (Å²) in [6.07, 6.45) is 6.36. The van der Waals surface area contributed by atoms with E-state index in [1.165, 1.54) is 25.7 Å². The number of rotatable bonds is 0. The lowest BCUT2D eigenvalue weighted by molar-refractivity contribution is 0.358. The Morgan fingerprint density at radius 3 is 3.12 bits per heavy atom. The van der Waals surface area contributed by atoms with E-state index in [4.69, 9.17) is 4.74 Å². The Morgan fingerprint density at radius 2 is 2.38 bits per heavy atom. The predicted molar refractivity (Wildman–Crippen MR) is 29.6 cm³/mol. The van der Waals surface area contributed by atoms with Crippen LogP contribution in [0.15, 0.2) is 0 Å². The molecule has 3 fully saturated rings. The van der Waals surface area contributed by atoms with Gasteiger partial charge >= 0.3 is 0 Å². The zero-order valence-electron chi connectivity index (χ0n) is 4.89. The van der Waals surface area contributed by atoms with Gasteiger partial charge in [-0.25, -0.2) is 0 Å². The SMILES string of the molecule is C1CC2CC23OC3C1. The van der Waals surface area contributed by atoms with Crippen LogP contribution >= 0.6 is 0 Å². The molecule has 0 aromatic rings. The summed E-state index contributed by atoms with van der Waals surface area (Å²) in [7, 11) is 0. The molecule has 3 rings (SSSR count). The lowest BCUT2D eigenvalue weighted by atomic mass is 10.0. The highest BCUT2D eigenvalue weighted by atomic mass is 16.6. The van der Waals surface area contributed by atoms with Gasteiger partial charge in [0, 0.05) is 0 Å². The third-order valence-corrected chi connectivity index (χ3v) is 2.96. The second-order valence-corrected chi connectivity index (χ2v) is 3.39. The molecule has 0 aromatic carbocycles. The summed E-state index contributed by atoms with van der Waals surface area (Å²) in [5.74, 6) is 1.00. The van der Waals surface area contributed by atoms with Crippen molar-refractivity contribution >= 4 is 0 Å². The molecule has 0 N–H and O–H groups in total. The van der Waals surface area contributed by atoms with Gasteiger partial charge in [-0.05, 0) is 25.2 Å². The van der Waals surface area contributed by atoms with Crippen molar-refractivity contribution in [3.8, 4) is 0 Å². The Bertz CT molecular complexity index is 121. The van der Waals surface area contributed by atoms with E-state index in [0.29, 0.717) is 5.60 Å². The van der Waals surface area contributed by atoms with Crippen LogP contribution in [-0.4, -0.2) is 11.7 Å². The topological polar surface area (TPSA) is 12.5 Å². The molecule has 44 valence electrons. The van der Waals surface area contributed by atoms with E-state index in [2.05, 4.69) is 0 Å². The molecule has 0 radical (unpaired) electrons. The fraction of sp³-hybridized carbons (Fsp3) is 1.00. The molecule has 0 aromatic heterocycles. The summed E-state index contributed by atoms with van der Waals surface area (Å²) >= 11 is 0. The highest BCUT2D eigenvalue weighted by molar-refractivity contribution is 5.22. The molecule has 3 atom stereocenters. The molecule has 1 aliphatic heterocycles. The first-order valence-corrected chi connectivity index (χ1v) is 3.60. The van der Waals surface area contributed by atoms with Crippen LogP contribution in [0.5, 0.6) is 0 Å². The highest BCUT2D eigenvalue weighted by Gasteiger charge is 2.73. The third kappa shape index (κ3) is 0.255. The largest absolute Gasteiger partial charge is 0.366 e. The maximum Gasteiger partial charge on any atom is 0.0981 e.